The molecule has 0 saturated carbocycles. The van der Waals surface area contributed by atoms with Gasteiger partial charge >= 0.3 is 0 Å². The van der Waals surface area contributed by atoms with E-state index in [2.05, 4.69) is 10.6 Å². The van der Waals surface area contributed by atoms with Crippen molar-refractivity contribution in [1.29, 1.82) is 0 Å². The molecule has 4 heteroatoms. The molecule has 1 atom stereocenters. The van der Waals surface area contributed by atoms with Crippen LogP contribution in [0.1, 0.15) is 28.8 Å². The van der Waals surface area contributed by atoms with Crippen LogP contribution < -0.4 is 10.6 Å². The number of carbonyl (C=O) groups is 2. The van der Waals surface area contributed by atoms with E-state index in [0.29, 0.717) is 18.5 Å². The van der Waals surface area contributed by atoms with Gasteiger partial charge in [-0.15, -0.1) is 0 Å². The maximum Gasteiger partial charge on any atom is 0.251 e. The Balaban J connectivity index is 2.02. The number of hydrogen-bond acceptors (Lipinski definition) is 2. The molecule has 1 fully saturated rings. The van der Waals surface area contributed by atoms with Crippen molar-refractivity contribution in [2.45, 2.75) is 25.8 Å². The molecular formula is C13H16N2O2. The number of hydrogen-bond donors (Lipinski definition) is 2. The molecular weight excluding hydrogens is 216 g/mol. The lowest BCUT2D eigenvalue weighted by molar-refractivity contribution is -0.122. The van der Waals surface area contributed by atoms with Gasteiger partial charge < -0.3 is 10.6 Å². The van der Waals surface area contributed by atoms with E-state index >= 15 is 0 Å². The summed E-state index contributed by atoms with van der Waals surface area (Å²) in [5.74, 6) is -0.0888. The van der Waals surface area contributed by atoms with E-state index in [-0.39, 0.29) is 17.9 Å². The van der Waals surface area contributed by atoms with Crippen molar-refractivity contribution >= 4 is 11.8 Å². The van der Waals surface area contributed by atoms with Crippen molar-refractivity contribution in [3.05, 3.63) is 35.4 Å². The standard InChI is InChI=1S/C13H16N2O2/c1-9-4-2-3-5-11(9)13(17)15-10-6-7-14-12(16)8-10/h2-5,10H,6-8H2,1H3,(H,14,16)(H,15,17). The van der Waals surface area contributed by atoms with Gasteiger partial charge in [0.05, 0.1) is 0 Å². The first-order valence-corrected chi connectivity index (χ1v) is 5.80. The van der Waals surface area contributed by atoms with Gasteiger partial charge in [0.1, 0.15) is 0 Å². The highest BCUT2D eigenvalue weighted by Crippen LogP contribution is 2.09. The predicted molar refractivity (Wildman–Crippen MR) is 64.7 cm³/mol. The minimum absolute atomic E-state index is 0.00586. The molecule has 0 bridgehead atoms. The maximum absolute atomic E-state index is 12.0. The highest BCUT2D eigenvalue weighted by atomic mass is 16.2. The lowest BCUT2D eigenvalue weighted by atomic mass is 10.0. The monoisotopic (exact) mass is 232 g/mol. The molecule has 4 nitrogen and oxygen atoms in total. The number of carbonyl (C=O) groups excluding carboxylic acids is 2. The van der Waals surface area contributed by atoms with Crippen LogP contribution in [0.15, 0.2) is 24.3 Å². The Morgan fingerprint density at radius 3 is 2.88 bits per heavy atom. The summed E-state index contributed by atoms with van der Waals surface area (Å²) in [6, 6.07) is 7.40. The molecule has 2 rings (SSSR count). The minimum atomic E-state index is -0.0946. The molecule has 0 spiro atoms. The zero-order valence-electron chi connectivity index (χ0n) is 9.82. The van der Waals surface area contributed by atoms with Crippen LogP contribution in [-0.2, 0) is 4.79 Å². The third-order valence-electron chi connectivity index (χ3n) is 2.97. The molecule has 1 aromatic carbocycles. The summed E-state index contributed by atoms with van der Waals surface area (Å²) in [7, 11) is 0. The summed E-state index contributed by atoms with van der Waals surface area (Å²) in [6.07, 6.45) is 1.17. The summed E-state index contributed by atoms with van der Waals surface area (Å²) < 4.78 is 0. The van der Waals surface area contributed by atoms with Crippen LogP contribution in [0.25, 0.3) is 0 Å². The first kappa shape index (κ1) is 11.6. The second-order valence-corrected chi connectivity index (χ2v) is 4.33. The molecule has 0 radical (unpaired) electrons. The van der Waals surface area contributed by atoms with E-state index in [1.54, 1.807) is 6.07 Å². The molecule has 1 saturated heterocycles. The Morgan fingerprint density at radius 1 is 1.41 bits per heavy atom. The third-order valence-corrected chi connectivity index (χ3v) is 2.97. The molecule has 90 valence electrons. The van der Waals surface area contributed by atoms with Crippen LogP contribution >= 0.6 is 0 Å². The third kappa shape index (κ3) is 2.84. The van der Waals surface area contributed by atoms with Crippen molar-refractivity contribution in [2.75, 3.05) is 6.54 Å². The number of rotatable bonds is 2. The number of aryl methyl sites for hydroxylation is 1. The minimum Gasteiger partial charge on any atom is -0.356 e. The van der Waals surface area contributed by atoms with Crippen molar-refractivity contribution in [3.8, 4) is 0 Å². The molecule has 0 aromatic heterocycles. The van der Waals surface area contributed by atoms with Crippen LogP contribution in [0.5, 0.6) is 0 Å². The first-order chi connectivity index (χ1) is 8.16. The Bertz CT molecular complexity index is 443. The van der Waals surface area contributed by atoms with E-state index in [1.165, 1.54) is 0 Å². The largest absolute Gasteiger partial charge is 0.356 e. The first-order valence-electron chi connectivity index (χ1n) is 5.80. The summed E-state index contributed by atoms with van der Waals surface area (Å²) in [6.45, 7) is 2.54. The van der Waals surface area contributed by atoms with Crippen LogP contribution in [0.3, 0.4) is 0 Å². The lowest BCUT2D eigenvalue weighted by Gasteiger charge is -2.23. The van der Waals surface area contributed by atoms with Gasteiger partial charge in [-0.25, -0.2) is 0 Å². The van der Waals surface area contributed by atoms with Crippen molar-refractivity contribution in [3.63, 3.8) is 0 Å². The van der Waals surface area contributed by atoms with E-state index in [4.69, 9.17) is 0 Å². The maximum atomic E-state index is 12.0. The summed E-state index contributed by atoms with van der Waals surface area (Å²) >= 11 is 0. The van der Waals surface area contributed by atoms with Crippen molar-refractivity contribution in [1.82, 2.24) is 10.6 Å². The van der Waals surface area contributed by atoms with E-state index < -0.39 is 0 Å². The van der Waals surface area contributed by atoms with Gasteiger partial charge in [-0.05, 0) is 25.0 Å². The highest BCUT2D eigenvalue weighted by Gasteiger charge is 2.21. The molecule has 1 aromatic rings. The van der Waals surface area contributed by atoms with Crippen LogP contribution in [-0.4, -0.2) is 24.4 Å². The highest BCUT2D eigenvalue weighted by molar-refractivity contribution is 5.96. The number of amides is 2. The van der Waals surface area contributed by atoms with Gasteiger partial charge in [-0.3, -0.25) is 9.59 Å². The normalized spacial score (nSPS) is 19.6. The van der Waals surface area contributed by atoms with Gasteiger partial charge in [0.2, 0.25) is 5.91 Å². The van der Waals surface area contributed by atoms with Gasteiger partial charge in [0, 0.05) is 24.6 Å². The Hall–Kier alpha value is -1.84. The Labute approximate surface area is 100 Å². The molecule has 1 aliphatic rings. The molecule has 1 unspecified atom stereocenters. The average molecular weight is 232 g/mol. The molecule has 17 heavy (non-hydrogen) atoms. The van der Waals surface area contributed by atoms with Crippen molar-refractivity contribution in [2.24, 2.45) is 0 Å². The summed E-state index contributed by atoms with van der Waals surface area (Å²) in [5, 5.41) is 5.65. The second kappa shape index (κ2) is 4.99. The number of piperidine rings is 1. The molecule has 1 aliphatic heterocycles. The molecule has 2 amide bonds. The smallest absolute Gasteiger partial charge is 0.251 e. The SMILES string of the molecule is Cc1ccccc1C(=O)NC1CCNC(=O)C1. The Kier molecular flexibility index (Phi) is 3.42. The average Bonchev–Trinajstić information content (AvgIpc) is 2.29. The van der Waals surface area contributed by atoms with Crippen LogP contribution in [0, 0.1) is 6.92 Å². The van der Waals surface area contributed by atoms with E-state index in [9.17, 15) is 9.59 Å². The van der Waals surface area contributed by atoms with Gasteiger partial charge in [-0.2, -0.15) is 0 Å². The lowest BCUT2D eigenvalue weighted by Crippen LogP contribution is -2.45. The zero-order valence-corrected chi connectivity index (χ0v) is 9.82. The van der Waals surface area contributed by atoms with Gasteiger partial charge in [0.15, 0.2) is 0 Å². The van der Waals surface area contributed by atoms with Crippen molar-refractivity contribution < 1.29 is 9.59 Å². The second-order valence-electron chi connectivity index (χ2n) is 4.33. The van der Waals surface area contributed by atoms with Crippen LogP contribution in [0.4, 0.5) is 0 Å². The van der Waals surface area contributed by atoms with E-state index in [0.717, 1.165) is 12.0 Å². The quantitative estimate of drug-likeness (QED) is 0.799. The predicted octanol–water partition coefficient (Wildman–Crippen LogP) is 1.00. The fourth-order valence-corrected chi connectivity index (χ4v) is 2.00. The van der Waals surface area contributed by atoms with Gasteiger partial charge in [-0.1, -0.05) is 18.2 Å². The summed E-state index contributed by atoms with van der Waals surface area (Å²) in [5.41, 5.74) is 1.63. The molecule has 1 heterocycles. The Morgan fingerprint density at radius 2 is 2.18 bits per heavy atom. The zero-order chi connectivity index (χ0) is 12.3. The fraction of sp³-hybridized carbons (Fsp3) is 0.385. The van der Waals surface area contributed by atoms with E-state index in [1.807, 2.05) is 25.1 Å². The molecule has 2 N–H and O–H groups in total. The van der Waals surface area contributed by atoms with Crippen LogP contribution in [0.2, 0.25) is 0 Å². The molecule has 0 aliphatic carbocycles. The number of benzene rings is 1. The fourth-order valence-electron chi connectivity index (χ4n) is 2.00. The summed E-state index contributed by atoms with van der Waals surface area (Å²) in [4.78, 5) is 23.2. The van der Waals surface area contributed by atoms with Gasteiger partial charge in [0.25, 0.3) is 5.91 Å². The topological polar surface area (TPSA) is 58.2 Å². The number of nitrogens with one attached hydrogen (secondary N) is 2.